The molecule has 51 heavy (non-hydrogen) atoms. The van der Waals surface area contributed by atoms with Crippen LogP contribution < -0.4 is 15.7 Å². The third-order valence-corrected chi connectivity index (χ3v) is 11.2. The largest absolute Gasteiger partial charge is 0.343 e. The highest BCUT2D eigenvalue weighted by Gasteiger charge is 2.33. The van der Waals surface area contributed by atoms with Crippen LogP contribution in [0.15, 0.2) is 79.3 Å². The highest BCUT2D eigenvalue weighted by molar-refractivity contribution is 7.54. The van der Waals surface area contributed by atoms with Crippen LogP contribution in [0.1, 0.15) is 27.9 Å². The first-order valence-corrected chi connectivity index (χ1v) is 19.7. The number of hydrogen-bond acceptors (Lipinski definition) is 9. The third-order valence-electron chi connectivity index (χ3n) is 8.52. The van der Waals surface area contributed by atoms with Crippen molar-refractivity contribution in [2.24, 2.45) is 0 Å². The minimum absolute atomic E-state index is 0.143. The number of carbonyl (C=O) groups is 1. The SMILES string of the molecule is Cc1ccc(NC(=O)c2ccc(CN3CCN(C)CC3)cc2)cc1Nc1nccc(-c2cccnc2)n1.O=P1(NCCCl)OCCCN1CCCl. The molecule has 272 valence electrons. The van der Waals surface area contributed by atoms with Crippen molar-refractivity contribution in [3.63, 3.8) is 0 Å². The summed E-state index contributed by atoms with van der Waals surface area (Å²) >= 11 is 11.1. The second kappa shape index (κ2) is 19.4. The highest BCUT2D eigenvalue weighted by Crippen LogP contribution is 2.48. The lowest BCUT2D eigenvalue weighted by Crippen LogP contribution is -2.43. The predicted octanol–water partition coefficient (Wildman–Crippen LogP) is 6.47. The van der Waals surface area contributed by atoms with E-state index in [-0.39, 0.29) is 5.91 Å². The summed E-state index contributed by atoms with van der Waals surface area (Å²) in [7, 11) is -0.683. The van der Waals surface area contributed by atoms with E-state index in [1.165, 1.54) is 5.56 Å². The molecule has 1 atom stereocenters. The van der Waals surface area contributed by atoms with Crippen molar-refractivity contribution in [3.8, 4) is 11.3 Å². The molecule has 2 aromatic heterocycles. The first-order valence-electron chi connectivity index (χ1n) is 17.1. The Kier molecular flexibility index (Phi) is 14.8. The van der Waals surface area contributed by atoms with Crippen molar-refractivity contribution < 1.29 is 13.9 Å². The van der Waals surface area contributed by atoms with Crippen molar-refractivity contribution in [2.75, 3.05) is 81.9 Å². The second-order valence-electron chi connectivity index (χ2n) is 12.3. The Balaban J connectivity index is 0.000000303. The molecule has 6 rings (SSSR count). The third kappa shape index (κ3) is 11.5. The first kappa shape index (κ1) is 38.8. The molecule has 2 aromatic carbocycles. The zero-order chi connectivity index (χ0) is 36.1. The average Bonchev–Trinajstić information content (AvgIpc) is 3.15. The molecule has 0 spiro atoms. The van der Waals surface area contributed by atoms with Gasteiger partial charge in [-0.05, 0) is 74.0 Å². The summed E-state index contributed by atoms with van der Waals surface area (Å²) < 4.78 is 19.2. The normalized spacial score (nSPS) is 18.4. The van der Waals surface area contributed by atoms with Crippen molar-refractivity contribution in [1.82, 2.24) is 34.5 Å². The van der Waals surface area contributed by atoms with Crippen molar-refractivity contribution >= 4 is 54.1 Å². The number of halogens is 2. The summed E-state index contributed by atoms with van der Waals surface area (Å²) in [5.41, 5.74) is 6.08. The molecular formula is C36H46Cl2N9O3P. The number of rotatable bonds is 12. The number of anilines is 3. The predicted molar refractivity (Wildman–Crippen MR) is 206 cm³/mol. The van der Waals surface area contributed by atoms with Gasteiger partial charge in [0, 0.05) is 105 Å². The maximum atomic E-state index is 12.9. The van der Waals surface area contributed by atoms with Gasteiger partial charge in [0.1, 0.15) is 0 Å². The summed E-state index contributed by atoms with van der Waals surface area (Å²) in [6.07, 6.45) is 6.11. The number of alkyl halides is 2. The molecule has 3 N–H and O–H groups in total. The fourth-order valence-electron chi connectivity index (χ4n) is 5.60. The van der Waals surface area contributed by atoms with Crippen molar-refractivity contribution in [2.45, 2.75) is 19.9 Å². The quantitative estimate of drug-likeness (QED) is 0.109. The Hall–Kier alpha value is -3.45. The lowest BCUT2D eigenvalue weighted by atomic mass is 10.1. The maximum absolute atomic E-state index is 12.9. The van der Waals surface area contributed by atoms with Gasteiger partial charge >= 0.3 is 7.67 Å². The van der Waals surface area contributed by atoms with E-state index in [4.69, 9.17) is 27.7 Å². The zero-order valence-electron chi connectivity index (χ0n) is 29.1. The number of nitrogens with zero attached hydrogens (tertiary/aromatic N) is 6. The fourth-order valence-corrected chi connectivity index (χ4v) is 8.14. The molecule has 2 saturated heterocycles. The molecular weight excluding hydrogens is 708 g/mol. The number of hydrogen-bond donors (Lipinski definition) is 3. The molecule has 15 heteroatoms. The van der Waals surface area contributed by atoms with Gasteiger partial charge in [0.15, 0.2) is 0 Å². The van der Waals surface area contributed by atoms with Crippen LogP contribution in [0, 0.1) is 6.92 Å². The summed E-state index contributed by atoms with van der Waals surface area (Å²) in [4.78, 5) is 30.9. The molecule has 4 heterocycles. The van der Waals surface area contributed by atoms with E-state index in [0.717, 1.165) is 68.2 Å². The van der Waals surface area contributed by atoms with E-state index >= 15 is 0 Å². The van der Waals surface area contributed by atoms with Crippen LogP contribution in [-0.2, 0) is 15.6 Å². The van der Waals surface area contributed by atoms with Crippen LogP contribution in [0.3, 0.4) is 0 Å². The molecule has 2 fully saturated rings. The average molecular weight is 755 g/mol. The monoisotopic (exact) mass is 753 g/mol. The molecule has 0 aliphatic carbocycles. The van der Waals surface area contributed by atoms with Gasteiger partial charge in [0.25, 0.3) is 5.91 Å². The van der Waals surface area contributed by atoms with Gasteiger partial charge in [-0.2, -0.15) is 0 Å². The summed E-state index contributed by atoms with van der Waals surface area (Å²) in [6.45, 7) is 9.59. The smallest absolute Gasteiger partial charge is 0.324 e. The second-order valence-corrected chi connectivity index (χ2v) is 15.3. The number of aryl methyl sites for hydroxylation is 1. The van der Waals surface area contributed by atoms with E-state index < -0.39 is 7.67 Å². The Morgan fingerprint density at radius 2 is 1.78 bits per heavy atom. The fraction of sp³-hybridized carbons (Fsp3) is 0.389. The summed E-state index contributed by atoms with van der Waals surface area (Å²) in [6, 6.07) is 19.3. The van der Waals surface area contributed by atoms with Crippen molar-refractivity contribution in [1.29, 1.82) is 0 Å². The number of aromatic nitrogens is 3. The van der Waals surface area contributed by atoms with Gasteiger partial charge in [-0.1, -0.05) is 18.2 Å². The molecule has 1 amide bonds. The molecule has 1 unspecified atom stereocenters. The topological polar surface area (TPSA) is 128 Å². The Morgan fingerprint density at radius 3 is 2.51 bits per heavy atom. The number of amides is 1. The van der Waals surface area contributed by atoms with Gasteiger partial charge in [0.05, 0.1) is 12.3 Å². The molecule has 12 nitrogen and oxygen atoms in total. The van der Waals surface area contributed by atoms with Gasteiger partial charge < -0.3 is 20.1 Å². The molecule has 0 bridgehead atoms. The maximum Gasteiger partial charge on any atom is 0.343 e. The number of carbonyl (C=O) groups excluding carboxylic acids is 1. The van der Waals surface area contributed by atoms with Crippen LogP contribution in [0.25, 0.3) is 11.3 Å². The first-order chi connectivity index (χ1) is 24.8. The molecule has 0 saturated carbocycles. The lowest BCUT2D eigenvalue weighted by Gasteiger charge is -2.34. The minimum atomic E-state index is -2.84. The van der Waals surface area contributed by atoms with Crippen LogP contribution in [-0.4, -0.2) is 107 Å². The van der Waals surface area contributed by atoms with Gasteiger partial charge in [-0.15, -0.1) is 23.2 Å². The minimum Gasteiger partial charge on any atom is -0.324 e. The summed E-state index contributed by atoms with van der Waals surface area (Å²) in [5, 5.41) is 9.14. The molecule has 0 radical (unpaired) electrons. The molecule has 2 aliphatic rings. The Bertz CT molecular complexity index is 1740. The van der Waals surface area contributed by atoms with Gasteiger partial charge in [-0.25, -0.2) is 19.7 Å². The van der Waals surface area contributed by atoms with Crippen LogP contribution in [0.5, 0.6) is 0 Å². The molecule has 4 aromatic rings. The number of likely N-dealkylation sites (N-methyl/N-ethyl adjacent to an activating group) is 1. The van der Waals surface area contributed by atoms with Crippen LogP contribution in [0.2, 0.25) is 0 Å². The summed E-state index contributed by atoms with van der Waals surface area (Å²) in [5.74, 6) is 1.21. The number of benzene rings is 2. The van der Waals surface area contributed by atoms with Gasteiger partial charge in [-0.3, -0.25) is 19.2 Å². The van der Waals surface area contributed by atoms with E-state index in [0.29, 0.717) is 48.7 Å². The standard InChI is InChI=1S/C29H31N7O.C7H15Cl2N2O2P/c1-21-5-10-25(18-27(21)34-29-31-13-11-26(33-29)24-4-3-12-30-19-24)32-28(37)23-8-6-22(7-9-23)20-36-16-14-35(2)15-17-36;8-2-4-10-14(12)11(6-3-9)5-1-7-13-14/h3-13,18-19H,14-17,20H2,1-2H3,(H,32,37)(H,31,33,34);1-7H2,(H,10,12). The van der Waals surface area contributed by atoms with Gasteiger partial charge in [0.2, 0.25) is 5.95 Å². The van der Waals surface area contributed by atoms with E-state index in [2.05, 4.69) is 47.5 Å². The number of piperazine rings is 1. The Labute approximate surface area is 310 Å². The van der Waals surface area contributed by atoms with Crippen molar-refractivity contribution in [3.05, 3.63) is 95.9 Å². The lowest BCUT2D eigenvalue weighted by molar-refractivity contribution is 0.102. The van der Waals surface area contributed by atoms with Crippen LogP contribution >= 0.6 is 30.9 Å². The Morgan fingerprint density at radius 1 is 0.980 bits per heavy atom. The van der Waals surface area contributed by atoms with E-state index in [1.54, 1.807) is 23.3 Å². The highest BCUT2D eigenvalue weighted by atomic mass is 35.5. The van der Waals surface area contributed by atoms with Crippen LogP contribution in [0.4, 0.5) is 17.3 Å². The van der Waals surface area contributed by atoms with E-state index in [9.17, 15) is 9.36 Å². The zero-order valence-corrected chi connectivity index (χ0v) is 31.5. The number of nitrogens with one attached hydrogen (secondary N) is 3. The molecule has 2 aliphatic heterocycles. The van der Waals surface area contributed by atoms with E-state index in [1.807, 2.05) is 67.6 Å². The number of pyridine rings is 1.